The van der Waals surface area contributed by atoms with Crippen molar-refractivity contribution in [3.05, 3.63) is 64.1 Å². The second kappa shape index (κ2) is 5.27. The minimum atomic E-state index is -0.885. The molecular formula is C13H10BrFN2O. The first-order valence-electron chi connectivity index (χ1n) is 5.25. The number of nitrogens with two attached hydrogens (primary N) is 1. The summed E-state index contributed by atoms with van der Waals surface area (Å²) >= 11 is 3.28. The van der Waals surface area contributed by atoms with E-state index in [0.717, 1.165) is 4.47 Å². The number of benzene rings is 1. The van der Waals surface area contributed by atoms with E-state index in [9.17, 15) is 9.18 Å². The molecule has 18 heavy (non-hydrogen) atoms. The molecule has 2 N–H and O–H groups in total. The molecule has 0 fully saturated rings. The van der Waals surface area contributed by atoms with Gasteiger partial charge in [0.1, 0.15) is 11.7 Å². The molecule has 2 rings (SSSR count). The van der Waals surface area contributed by atoms with Gasteiger partial charge in [-0.2, -0.15) is 0 Å². The molecule has 1 amide bonds. The Kier molecular flexibility index (Phi) is 3.72. The number of rotatable bonds is 3. The lowest BCUT2D eigenvalue weighted by atomic mass is 9.94. The number of amides is 1. The minimum Gasteiger partial charge on any atom is -0.369 e. The highest BCUT2D eigenvalue weighted by Crippen LogP contribution is 2.26. The molecule has 92 valence electrons. The third kappa shape index (κ3) is 2.56. The minimum absolute atomic E-state index is 0.232. The fourth-order valence-electron chi connectivity index (χ4n) is 1.75. The van der Waals surface area contributed by atoms with Crippen LogP contribution >= 0.6 is 15.9 Å². The van der Waals surface area contributed by atoms with Gasteiger partial charge in [0.05, 0.1) is 5.69 Å². The molecular weight excluding hydrogens is 299 g/mol. The van der Waals surface area contributed by atoms with E-state index in [1.165, 1.54) is 18.3 Å². The third-order valence-corrected chi connectivity index (χ3v) is 3.03. The van der Waals surface area contributed by atoms with Crippen LogP contribution in [-0.2, 0) is 4.79 Å². The SMILES string of the molecule is NC(=O)C(c1cc(Br)ccn1)c1ccccc1F. The van der Waals surface area contributed by atoms with Crippen molar-refractivity contribution in [2.24, 2.45) is 5.73 Å². The lowest BCUT2D eigenvalue weighted by Crippen LogP contribution is -2.24. The number of hydrogen-bond donors (Lipinski definition) is 1. The topological polar surface area (TPSA) is 56.0 Å². The van der Waals surface area contributed by atoms with E-state index < -0.39 is 17.6 Å². The number of carbonyl (C=O) groups excluding carboxylic acids is 1. The van der Waals surface area contributed by atoms with Gasteiger partial charge in [0, 0.05) is 16.2 Å². The summed E-state index contributed by atoms with van der Waals surface area (Å²) < 4.78 is 14.5. The Morgan fingerprint density at radius 3 is 2.67 bits per heavy atom. The van der Waals surface area contributed by atoms with Gasteiger partial charge in [0.25, 0.3) is 0 Å². The number of nitrogens with zero attached hydrogens (tertiary/aromatic N) is 1. The van der Waals surface area contributed by atoms with Crippen LogP contribution in [0.5, 0.6) is 0 Å². The predicted octanol–water partition coefficient (Wildman–Crippen LogP) is 2.60. The first kappa shape index (κ1) is 12.7. The Hall–Kier alpha value is -1.75. The average molecular weight is 309 g/mol. The van der Waals surface area contributed by atoms with Crippen molar-refractivity contribution >= 4 is 21.8 Å². The smallest absolute Gasteiger partial charge is 0.231 e. The maximum atomic E-state index is 13.7. The van der Waals surface area contributed by atoms with Gasteiger partial charge in [-0.25, -0.2) is 4.39 Å². The maximum Gasteiger partial charge on any atom is 0.231 e. The molecule has 1 aromatic carbocycles. The Morgan fingerprint density at radius 2 is 2.06 bits per heavy atom. The van der Waals surface area contributed by atoms with Crippen molar-refractivity contribution in [2.75, 3.05) is 0 Å². The monoisotopic (exact) mass is 308 g/mol. The lowest BCUT2D eigenvalue weighted by Gasteiger charge is -2.14. The number of primary amides is 1. The number of aromatic nitrogens is 1. The number of carbonyl (C=O) groups is 1. The van der Waals surface area contributed by atoms with Crippen LogP contribution in [0.25, 0.3) is 0 Å². The van der Waals surface area contributed by atoms with Gasteiger partial charge in [0.15, 0.2) is 0 Å². The van der Waals surface area contributed by atoms with Gasteiger partial charge >= 0.3 is 0 Å². The van der Waals surface area contributed by atoms with Crippen molar-refractivity contribution in [1.82, 2.24) is 4.98 Å². The zero-order chi connectivity index (χ0) is 13.1. The fraction of sp³-hybridized carbons (Fsp3) is 0.0769. The van der Waals surface area contributed by atoms with E-state index in [1.807, 2.05) is 0 Å². The van der Waals surface area contributed by atoms with Gasteiger partial charge < -0.3 is 5.73 Å². The summed E-state index contributed by atoms with van der Waals surface area (Å²) in [5.41, 5.74) is 6.01. The first-order valence-corrected chi connectivity index (χ1v) is 6.04. The van der Waals surface area contributed by atoms with Crippen LogP contribution in [0.15, 0.2) is 47.1 Å². The molecule has 0 bridgehead atoms. The van der Waals surface area contributed by atoms with E-state index in [2.05, 4.69) is 20.9 Å². The molecule has 0 spiro atoms. The van der Waals surface area contributed by atoms with Crippen LogP contribution < -0.4 is 5.73 Å². The van der Waals surface area contributed by atoms with Crippen molar-refractivity contribution in [3.8, 4) is 0 Å². The van der Waals surface area contributed by atoms with Crippen LogP contribution in [0.1, 0.15) is 17.2 Å². The van der Waals surface area contributed by atoms with Crippen LogP contribution in [0.4, 0.5) is 4.39 Å². The van der Waals surface area contributed by atoms with Crippen LogP contribution in [-0.4, -0.2) is 10.9 Å². The molecule has 0 aliphatic carbocycles. The van der Waals surface area contributed by atoms with Gasteiger partial charge in [-0.3, -0.25) is 9.78 Å². The largest absolute Gasteiger partial charge is 0.369 e. The molecule has 3 nitrogen and oxygen atoms in total. The summed E-state index contributed by atoms with van der Waals surface area (Å²) in [6, 6.07) is 9.43. The third-order valence-electron chi connectivity index (χ3n) is 2.54. The Labute approximate surface area is 112 Å². The molecule has 0 saturated heterocycles. The Balaban J connectivity index is 2.54. The molecule has 0 saturated carbocycles. The zero-order valence-corrected chi connectivity index (χ0v) is 10.9. The van der Waals surface area contributed by atoms with Crippen molar-refractivity contribution < 1.29 is 9.18 Å². The van der Waals surface area contributed by atoms with Gasteiger partial charge in [-0.05, 0) is 18.2 Å². The molecule has 0 aliphatic rings. The highest BCUT2D eigenvalue weighted by Gasteiger charge is 2.24. The molecule has 1 heterocycles. The normalized spacial score (nSPS) is 12.1. The number of hydrogen-bond acceptors (Lipinski definition) is 2. The number of halogens is 2. The summed E-state index contributed by atoms with van der Waals surface area (Å²) in [6.07, 6.45) is 1.54. The van der Waals surface area contributed by atoms with Crippen molar-refractivity contribution in [3.63, 3.8) is 0 Å². The van der Waals surface area contributed by atoms with Crippen LogP contribution in [0.2, 0.25) is 0 Å². The van der Waals surface area contributed by atoms with Crippen molar-refractivity contribution in [1.29, 1.82) is 0 Å². The molecule has 0 radical (unpaired) electrons. The van der Waals surface area contributed by atoms with E-state index >= 15 is 0 Å². The van der Waals surface area contributed by atoms with E-state index in [-0.39, 0.29) is 5.56 Å². The van der Waals surface area contributed by atoms with E-state index in [4.69, 9.17) is 5.73 Å². The van der Waals surface area contributed by atoms with Crippen LogP contribution in [0, 0.1) is 5.82 Å². The van der Waals surface area contributed by atoms with E-state index in [1.54, 1.807) is 24.3 Å². The van der Waals surface area contributed by atoms with E-state index in [0.29, 0.717) is 5.69 Å². The molecule has 5 heteroatoms. The number of pyridine rings is 1. The van der Waals surface area contributed by atoms with Gasteiger partial charge in [-0.15, -0.1) is 0 Å². The molecule has 2 aromatic rings. The summed E-state index contributed by atoms with van der Waals surface area (Å²) in [6.45, 7) is 0. The highest BCUT2D eigenvalue weighted by molar-refractivity contribution is 9.10. The van der Waals surface area contributed by atoms with Gasteiger partial charge in [0.2, 0.25) is 5.91 Å². The quantitative estimate of drug-likeness (QED) is 0.947. The zero-order valence-electron chi connectivity index (χ0n) is 9.31. The van der Waals surface area contributed by atoms with Crippen LogP contribution in [0.3, 0.4) is 0 Å². The van der Waals surface area contributed by atoms with Crippen molar-refractivity contribution in [2.45, 2.75) is 5.92 Å². The first-order chi connectivity index (χ1) is 8.59. The fourth-order valence-corrected chi connectivity index (χ4v) is 2.10. The predicted molar refractivity (Wildman–Crippen MR) is 69.4 cm³/mol. The maximum absolute atomic E-state index is 13.7. The lowest BCUT2D eigenvalue weighted by molar-refractivity contribution is -0.118. The second-order valence-corrected chi connectivity index (χ2v) is 4.67. The molecule has 1 aromatic heterocycles. The highest BCUT2D eigenvalue weighted by atomic mass is 79.9. The Morgan fingerprint density at radius 1 is 1.33 bits per heavy atom. The molecule has 1 atom stereocenters. The second-order valence-electron chi connectivity index (χ2n) is 3.76. The standard InChI is InChI=1S/C13H10BrFN2O/c14-8-5-6-17-11(7-8)12(13(16)18)9-3-1-2-4-10(9)15/h1-7,12H,(H2,16,18). The Bertz CT molecular complexity index is 589. The molecule has 0 aliphatic heterocycles. The average Bonchev–Trinajstić information content (AvgIpc) is 2.32. The summed E-state index contributed by atoms with van der Waals surface area (Å²) in [7, 11) is 0. The van der Waals surface area contributed by atoms with Gasteiger partial charge in [-0.1, -0.05) is 34.1 Å². The summed E-state index contributed by atoms with van der Waals surface area (Å²) in [4.78, 5) is 15.6. The molecule has 1 unspecified atom stereocenters. The summed E-state index contributed by atoms with van der Waals surface area (Å²) in [5, 5.41) is 0. The summed E-state index contributed by atoms with van der Waals surface area (Å²) in [5.74, 6) is -1.99.